The second-order valence-electron chi connectivity index (χ2n) is 5.59. The van der Waals surface area contributed by atoms with Crippen molar-refractivity contribution < 1.29 is 18.8 Å². The van der Waals surface area contributed by atoms with Gasteiger partial charge < -0.3 is 24.6 Å². The number of ether oxygens (including phenoxy) is 2. The van der Waals surface area contributed by atoms with Crippen LogP contribution in [-0.2, 0) is 16.1 Å². The van der Waals surface area contributed by atoms with E-state index < -0.39 is 0 Å². The van der Waals surface area contributed by atoms with E-state index in [1.807, 2.05) is 30.3 Å². The molecule has 0 aliphatic carbocycles. The third-order valence-electron chi connectivity index (χ3n) is 3.82. The van der Waals surface area contributed by atoms with Crippen LogP contribution in [0.25, 0.3) is 11.3 Å². The van der Waals surface area contributed by atoms with Crippen molar-refractivity contribution in [2.24, 2.45) is 0 Å². The monoisotopic (exact) mass is 331 g/mol. The largest absolute Gasteiger partial charge is 0.497 e. The first-order chi connectivity index (χ1) is 11.7. The number of methoxy groups -OCH3 is 1. The molecule has 1 atom stereocenters. The lowest BCUT2D eigenvalue weighted by Gasteiger charge is -2.22. The maximum Gasteiger partial charge on any atom is 0.222 e. The number of nitrogens with one attached hydrogen (secondary N) is 2. The predicted octanol–water partition coefficient (Wildman–Crippen LogP) is 1.34. The van der Waals surface area contributed by atoms with Crippen LogP contribution in [0.15, 0.2) is 34.9 Å². The second-order valence-corrected chi connectivity index (χ2v) is 5.59. The molecule has 1 aliphatic heterocycles. The van der Waals surface area contributed by atoms with Crippen LogP contribution in [0.3, 0.4) is 0 Å². The van der Waals surface area contributed by atoms with Crippen molar-refractivity contribution in [2.45, 2.75) is 19.1 Å². The summed E-state index contributed by atoms with van der Waals surface area (Å²) in [4.78, 5) is 11.9. The van der Waals surface area contributed by atoms with Gasteiger partial charge in [-0.2, -0.15) is 0 Å². The molecule has 2 N–H and O–H groups in total. The quantitative estimate of drug-likeness (QED) is 0.831. The highest BCUT2D eigenvalue weighted by atomic mass is 16.5. The Labute approximate surface area is 140 Å². The average Bonchev–Trinajstić information content (AvgIpc) is 3.10. The summed E-state index contributed by atoms with van der Waals surface area (Å²) in [5, 5.41) is 10.0. The molecule has 1 fully saturated rings. The number of carbonyl (C=O) groups excluding carboxylic acids is 1. The standard InChI is InChI=1S/C17H21N3O4/c1-22-14-4-2-12(3-5-14)16-8-13(20-24-16)10-19-17(21)9-15-11-18-6-7-23-15/h2-5,8,15,18H,6-7,9-11H2,1H3,(H,19,21). The van der Waals surface area contributed by atoms with Crippen molar-refractivity contribution in [3.63, 3.8) is 0 Å². The molecule has 0 saturated carbocycles. The van der Waals surface area contributed by atoms with Crippen molar-refractivity contribution in [1.82, 2.24) is 15.8 Å². The zero-order valence-electron chi connectivity index (χ0n) is 13.6. The van der Waals surface area contributed by atoms with Crippen molar-refractivity contribution in [3.8, 4) is 17.1 Å². The van der Waals surface area contributed by atoms with E-state index in [4.69, 9.17) is 14.0 Å². The highest BCUT2D eigenvalue weighted by Gasteiger charge is 2.17. The van der Waals surface area contributed by atoms with Gasteiger partial charge in [-0.25, -0.2) is 0 Å². The number of nitrogens with zero attached hydrogens (tertiary/aromatic N) is 1. The van der Waals surface area contributed by atoms with Gasteiger partial charge in [-0.3, -0.25) is 4.79 Å². The van der Waals surface area contributed by atoms with Crippen LogP contribution in [-0.4, -0.2) is 44.0 Å². The van der Waals surface area contributed by atoms with Crippen molar-refractivity contribution >= 4 is 5.91 Å². The van der Waals surface area contributed by atoms with Gasteiger partial charge >= 0.3 is 0 Å². The Balaban J connectivity index is 1.50. The summed E-state index contributed by atoms with van der Waals surface area (Å²) in [5.74, 6) is 1.38. The molecule has 1 amide bonds. The van der Waals surface area contributed by atoms with Gasteiger partial charge in [0.25, 0.3) is 0 Å². The summed E-state index contributed by atoms with van der Waals surface area (Å²) in [6.07, 6.45) is 0.279. The SMILES string of the molecule is COc1ccc(-c2cc(CNC(=O)CC3CNCCO3)no2)cc1. The number of benzene rings is 1. The van der Waals surface area contributed by atoms with Gasteiger partial charge in [0, 0.05) is 24.7 Å². The van der Waals surface area contributed by atoms with Gasteiger partial charge in [0.2, 0.25) is 5.91 Å². The van der Waals surface area contributed by atoms with Crippen LogP contribution < -0.4 is 15.4 Å². The lowest BCUT2D eigenvalue weighted by Crippen LogP contribution is -2.41. The Kier molecular flexibility index (Phi) is 5.45. The zero-order chi connectivity index (χ0) is 16.8. The van der Waals surface area contributed by atoms with Gasteiger partial charge in [-0.15, -0.1) is 0 Å². The Morgan fingerprint density at radius 2 is 2.25 bits per heavy atom. The van der Waals surface area contributed by atoms with Crippen LogP contribution in [0.4, 0.5) is 0 Å². The minimum absolute atomic E-state index is 0.0577. The summed E-state index contributed by atoms with van der Waals surface area (Å²) in [6, 6.07) is 9.33. The Morgan fingerprint density at radius 3 is 2.96 bits per heavy atom. The molecule has 1 aliphatic rings. The minimum Gasteiger partial charge on any atom is -0.497 e. The molecule has 0 radical (unpaired) electrons. The average molecular weight is 331 g/mol. The van der Waals surface area contributed by atoms with Gasteiger partial charge in [0.15, 0.2) is 5.76 Å². The van der Waals surface area contributed by atoms with Gasteiger partial charge in [-0.05, 0) is 24.3 Å². The molecule has 7 nitrogen and oxygen atoms in total. The smallest absolute Gasteiger partial charge is 0.222 e. The molecule has 2 aromatic rings. The van der Waals surface area contributed by atoms with E-state index >= 15 is 0 Å². The molecular weight excluding hydrogens is 310 g/mol. The molecule has 1 unspecified atom stereocenters. The Morgan fingerprint density at radius 1 is 1.42 bits per heavy atom. The number of hydrogen-bond acceptors (Lipinski definition) is 6. The van der Waals surface area contributed by atoms with E-state index in [9.17, 15) is 4.79 Å². The van der Waals surface area contributed by atoms with Gasteiger partial charge in [-0.1, -0.05) is 5.16 Å². The summed E-state index contributed by atoms with van der Waals surface area (Å²) in [5.41, 5.74) is 1.58. The molecule has 0 bridgehead atoms. The second kappa shape index (κ2) is 7.94. The molecule has 7 heteroatoms. The Bertz CT molecular complexity index is 663. The summed E-state index contributed by atoms with van der Waals surface area (Å²) >= 11 is 0. The lowest BCUT2D eigenvalue weighted by molar-refractivity contribution is -0.124. The van der Waals surface area contributed by atoms with E-state index in [0.29, 0.717) is 37.6 Å². The lowest BCUT2D eigenvalue weighted by atomic mass is 10.1. The zero-order valence-corrected chi connectivity index (χ0v) is 13.6. The van der Waals surface area contributed by atoms with Gasteiger partial charge in [0.05, 0.1) is 32.8 Å². The molecule has 1 saturated heterocycles. The molecular formula is C17H21N3O4. The first-order valence-corrected chi connectivity index (χ1v) is 7.93. The highest BCUT2D eigenvalue weighted by Crippen LogP contribution is 2.23. The number of morpholine rings is 1. The molecule has 3 rings (SSSR count). The minimum atomic E-state index is -0.0640. The first-order valence-electron chi connectivity index (χ1n) is 7.93. The van der Waals surface area contributed by atoms with Crippen molar-refractivity contribution in [1.29, 1.82) is 0 Å². The van der Waals surface area contributed by atoms with E-state index in [2.05, 4.69) is 15.8 Å². The highest BCUT2D eigenvalue weighted by molar-refractivity contribution is 5.76. The Hall–Kier alpha value is -2.38. The number of amides is 1. The fraction of sp³-hybridized carbons (Fsp3) is 0.412. The molecule has 128 valence electrons. The number of rotatable bonds is 6. The number of carbonyl (C=O) groups is 1. The van der Waals surface area contributed by atoms with Crippen LogP contribution in [0.1, 0.15) is 12.1 Å². The van der Waals surface area contributed by atoms with E-state index in [1.54, 1.807) is 7.11 Å². The van der Waals surface area contributed by atoms with Crippen molar-refractivity contribution in [2.75, 3.05) is 26.8 Å². The fourth-order valence-corrected chi connectivity index (χ4v) is 2.51. The van der Waals surface area contributed by atoms with Crippen LogP contribution in [0.5, 0.6) is 5.75 Å². The van der Waals surface area contributed by atoms with E-state index in [1.165, 1.54) is 0 Å². The maximum atomic E-state index is 11.9. The molecule has 1 aromatic heterocycles. The number of aromatic nitrogens is 1. The molecule has 24 heavy (non-hydrogen) atoms. The van der Waals surface area contributed by atoms with E-state index in [-0.39, 0.29) is 12.0 Å². The number of hydrogen-bond donors (Lipinski definition) is 2. The molecule has 0 spiro atoms. The fourth-order valence-electron chi connectivity index (χ4n) is 2.51. The van der Waals surface area contributed by atoms with E-state index in [0.717, 1.165) is 17.9 Å². The predicted molar refractivity (Wildman–Crippen MR) is 87.6 cm³/mol. The summed E-state index contributed by atoms with van der Waals surface area (Å²) < 4.78 is 16.0. The normalized spacial score (nSPS) is 17.5. The molecule has 2 heterocycles. The van der Waals surface area contributed by atoms with Crippen LogP contribution >= 0.6 is 0 Å². The third-order valence-corrected chi connectivity index (χ3v) is 3.82. The molecule has 1 aromatic carbocycles. The first kappa shape index (κ1) is 16.5. The maximum absolute atomic E-state index is 11.9. The van der Waals surface area contributed by atoms with Crippen LogP contribution in [0, 0.1) is 0 Å². The topological polar surface area (TPSA) is 85.6 Å². The third kappa shape index (κ3) is 4.33. The summed E-state index contributed by atoms with van der Waals surface area (Å²) in [7, 11) is 1.62. The summed E-state index contributed by atoms with van der Waals surface area (Å²) in [6.45, 7) is 2.52. The van der Waals surface area contributed by atoms with Crippen molar-refractivity contribution in [3.05, 3.63) is 36.0 Å². The van der Waals surface area contributed by atoms with Gasteiger partial charge in [0.1, 0.15) is 11.4 Å². The van der Waals surface area contributed by atoms with Crippen LogP contribution in [0.2, 0.25) is 0 Å².